The lowest BCUT2D eigenvalue weighted by Crippen LogP contribution is -2.47. The van der Waals surface area contributed by atoms with Crippen molar-refractivity contribution in [1.29, 1.82) is 0 Å². The van der Waals surface area contributed by atoms with Gasteiger partial charge in [-0.05, 0) is 37.1 Å². The molecule has 1 saturated carbocycles. The van der Waals surface area contributed by atoms with E-state index in [1.807, 2.05) is 0 Å². The Bertz CT molecular complexity index is 168. The van der Waals surface area contributed by atoms with Crippen LogP contribution < -0.4 is 5.32 Å². The van der Waals surface area contributed by atoms with Crippen LogP contribution in [0.2, 0.25) is 0 Å². The van der Waals surface area contributed by atoms with Crippen molar-refractivity contribution in [3.8, 4) is 0 Å². The second kappa shape index (κ2) is 5.89. The van der Waals surface area contributed by atoms with Crippen LogP contribution in [0.5, 0.6) is 0 Å². The van der Waals surface area contributed by atoms with Crippen LogP contribution in [-0.2, 0) is 0 Å². The van der Waals surface area contributed by atoms with Crippen molar-refractivity contribution in [3.63, 3.8) is 0 Å². The molecular weight excluding hydrogens is 182 g/mol. The maximum absolute atomic E-state index is 3.74. The highest BCUT2D eigenvalue weighted by atomic mass is 14.9. The second-order valence-corrected chi connectivity index (χ2v) is 5.78. The van der Waals surface area contributed by atoms with E-state index >= 15 is 0 Å². The molecule has 1 N–H and O–H groups in total. The molecule has 1 fully saturated rings. The van der Waals surface area contributed by atoms with E-state index in [1.54, 1.807) is 0 Å². The summed E-state index contributed by atoms with van der Waals surface area (Å²) in [6.07, 6.45) is 8.53. The fraction of sp³-hybridized carbons (Fsp3) is 1.00. The number of hydrogen-bond acceptors (Lipinski definition) is 1. The van der Waals surface area contributed by atoms with Crippen LogP contribution >= 0.6 is 0 Å². The molecule has 0 spiro atoms. The van der Waals surface area contributed by atoms with Gasteiger partial charge < -0.3 is 5.32 Å². The predicted octanol–water partition coefficient (Wildman–Crippen LogP) is 3.98. The van der Waals surface area contributed by atoms with Crippen molar-refractivity contribution < 1.29 is 0 Å². The summed E-state index contributed by atoms with van der Waals surface area (Å²) in [6, 6.07) is 0.729. The zero-order valence-electron chi connectivity index (χ0n) is 11.1. The molecule has 0 radical (unpaired) electrons. The highest BCUT2D eigenvalue weighted by Crippen LogP contribution is 2.36. The molecule has 1 aliphatic carbocycles. The van der Waals surface area contributed by atoms with Gasteiger partial charge in [0.15, 0.2) is 0 Å². The van der Waals surface area contributed by atoms with E-state index in [9.17, 15) is 0 Å². The normalized spacial score (nSPS) is 21.6. The van der Waals surface area contributed by atoms with Gasteiger partial charge in [0, 0.05) is 6.04 Å². The van der Waals surface area contributed by atoms with Gasteiger partial charge in [-0.25, -0.2) is 0 Å². The molecule has 0 aromatic heterocycles. The molecule has 15 heavy (non-hydrogen) atoms. The lowest BCUT2D eigenvalue weighted by molar-refractivity contribution is 0.139. The fourth-order valence-electron chi connectivity index (χ4n) is 2.99. The second-order valence-electron chi connectivity index (χ2n) is 5.78. The van der Waals surface area contributed by atoms with Crippen molar-refractivity contribution in [2.75, 3.05) is 6.54 Å². The van der Waals surface area contributed by atoms with Gasteiger partial charge >= 0.3 is 0 Å². The van der Waals surface area contributed by atoms with E-state index in [0.29, 0.717) is 5.41 Å². The first kappa shape index (κ1) is 13.0. The van der Waals surface area contributed by atoms with Crippen LogP contribution in [0, 0.1) is 11.3 Å². The molecule has 0 saturated heterocycles. The first-order valence-electron chi connectivity index (χ1n) is 6.85. The zero-order chi connectivity index (χ0) is 11.3. The van der Waals surface area contributed by atoms with Crippen molar-refractivity contribution in [2.45, 2.75) is 72.3 Å². The summed E-state index contributed by atoms with van der Waals surface area (Å²) in [5.74, 6) is 0.925. The summed E-state index contributed by atoms with van der Waals surface area (Å²) in [7, 11) is 0. The van der Waals surface area contributed by atoms with E-state index in [1.165, 1.54) is 38.5 Å². The third-order valence-electron chi connectivity index (χ3n) is 4.30. The maximum Gasteiger partial charge on any atom is 0.0146 e. The van der Waals surface area contributed by atoms with Crippen molar-refractivity contribution in [3.05, 3.63) is 0 Å². The molecule has 0 amide bonds. The van der Waals surface area contributed by atoms with Gasteiger partial charge in [-0.3, -0.25) is 0 Å². The topological polar surface area (TPSA) is 12.0 Å². The smallest absolute Gasteiger partial charge is 0.0146 e. The van der Waals surface area contributed by atoms with E-state index in [0.717, 1.165) is 18.5 Å². The van der Waals surface area contributed by atoms with Crippen LogP contribution in [-0.4, -0.2) is 12.6 Å². The van der Waals surface area contributed by atoms with E-state index in [2.05, 4.69) is 33.0 Å². The van der Waals surface area contributed by atoms with Gasteiger partial charge in [-0.1, -0.05) is 47.0 Å². The lowest BCUT2D eigenvalue weighted by atomic mass is 9.71. The summed E-state index contributed by atoms with van der Waals surface area (Å²) in [5.41, 5.74) is 0.456. The van der Waals surface area contributed by atoms with Gasteiger partial charge in [-0.2, -0.15) is 0 Å². The summed E-state index contributed by atoms with van der Waals surface area (Å²) in [4.78, 5) is 0. The van der Waals surface area contributed by atoms with Crippen LogP contribution in [0.25, 0.3) is 0 Å². The number of rotatable bonds is 5. The highest BCUT2D eigenvalue weighted by Gasteiger charge is 2.33. The molecule has 0 aromatic carbocycles. The molecule has 1 unspecified atom stereocenters. The largest absolute Gasteiger partial charge is 0.313 e. The van der Waals surface area contributed by atoms with Gasteiger partial charge in [0.05, 0.1) is 0 Å². The first-order chi connectivity index (χ1) is 7.11. The minimum Gasteiger partial charge on any atom is -0.313 e. The molecule has 1 nitrogen and oxygen atoms in total. The van der Waals surface area contributed by atoms with E-state index < -0.39 is 0 Å². The molecule has 0 aromatic rings. The Kier molecular flexibility index (Phi) is 5.11. The Morgan fingerprint density at radius 1 is 1.13 bits per heavy atom. The average molecular weight is 211 g/mol. The van der Waals surface area contributed by atoms with Crippen molar-refractivity contribution in [2.24, 2.45) is 11.3 Å². The van der Waals surface area contributed by atoms with E-state index in [-0.39, 0.29) is 0 Å². The molecular formula is C14H29N. The minimum absolute atomic E-state index is 0.456. The monoisotopic (exact) mass is 211 g/mol. The summed E-state index contributed by atoms with van der Waals surface area (Å²) >= 11 is 0. The molecule has 0 heterocycles. The van der Waals surface area contributed by atoms with E-state index in [4.69, 9.17) is 0 Å². The average Bonchev–Trinajstić information content (AvgIpc) is 2.27. The fourth-order valence-corrected chi connectivity index (χ4v) is 2.99. The quantitative estimate of drug-likeness (QED) is 0.725. The number of nitrogens with one attached hydrogen (secondary N) is 1. The lowest BCUT2D eigenvalue weighted by Gasteiger charge is -2.41. The van der Waals surface area contributed by atoms with Crippen molar-refractivity contribution >= 4 is 0 Å². The maximum atomic E-state index is 3.74. The Morgan fingerprint density at radius 2 is 1.73 bits per heavy atom. The Labute approximate surface area is 96.0 Å². The molecule has 1 rings (SSSR count). The third-order valence-corrected chi connectivity index (χ3v) is 4.30. The van der Waals surface area contributed by atoms with Gasteiger partial charge in [0.1, 0.15) is 0 Å². The van der Waals surface area contributed by atoms with Crippen LogP contribution in [0.4, 0.5) is 0 Å². The molecule has 1 aliphatic rings. The number of hydrogen-bond donors (Lipinski definition) is 1. The Morgan fingerprint density at radius 3 is 2.20 bits per heavy atom. The van der Waals surface area contributed by atoms with Crippen LogP contribution in [0.1, 0.15) is 66.2 Å². The van der Waals surface area contributed by atoms with Gasteiger partial charge in [0.2, 0.25) is 0 Å². The first-order valence-corrected chi connectivity index (χ1v) is 6.85. The molecule has 1 atom stereocenters. The van der Waals surface area contributed by atoms with Crippen molar-refractivity contribution in [1.82, 2.24) is 5.32 Å². The van der Waals surface area contributed by atoms with Gasteiger partial charge in [0.25, 0.3) is 0 Å². The predicted molar refractivity (Wildman–Crippen MR) is 68.1 cm³/mol. The molecule has 0 bridgehead atoms. The third kappa shape index (κ3) is 3.48. The summed E-state index contributed by atoms with van der Waals surface area (Å²) in [6.45, 7) is 10.5. The zero-order valence-corrected chi connectivity index (χ0v) is 11.1. The standard InChI is InChI=1S/C14H29N/c1-5-14(3,4)13(15-6-2)12-10-8-7-9-11-12/h12-13,15H,5-11H2,1-4H3. The summed E-state index contributed by atoms with van der Waals surface area (Å²) < 4.78 is 0. The Balaban J connectivity index is 2.62. The molecule has 1 heteroatoms. The van der Waals surface area contributed by atoms with Crippen LogP contribution in [0.15, 0.2) is 0 Å². The van der Waals surface area contributed by atoms with Gasteiger partial charge in [-0.15, -0.1) is 0 Å². The molecule has 90 valence electrons. The molecule has 0 aliphatic heterocycles. The summed E-state index contributed by atoms with van der Waals surface area (Å²) in [5, 5.41) is 3.74. The Hall–Kier alpha value is -0.0400. The minimum atomic E-state index is 0.456. The highest BCUT2D eigenvalue weighted by molar-refractivity contribution is 4.89. The van der Waals surface area contributed by atoms with Crippen LogP contribution in [0.3, 0.4) is 0 Å². The SMILES string of the molecule is CCNC(C1CCCCC1)C(C)(C)CC.